The Morgan fingerprint density at radius 2 is 2.20 bits per heavy atom. The summed E-state index contributed by atoms with van der Waals surface area (Å²) in [6.45, 7) is 6.71. The van der Waals surface area contributed by atoms with Gasteiger partial charge in [0.15, 0.2) is 0 Å². The smallest absolute Gasteiger partial charge is 0.0386 e. The molecule has 10 heavy (non-hydrogen) atoms. The van der Waals surface area contributed by atoms with Crippen molar-refractivity contribution in [3.05, 3.63) is 31.4 Å². The van der Waals surface area contributed by atoms with Crippen molar-refractivity contribution < 1.29 is 0 Å². The van der Waals surface area contributed by atoms with E-state index in [0.29, 0.717) is 0 Å². The number of nitrogens with zero attached hydrogens (tertiary/aromatic N) is 1. The highest BCUT2D eigenvalue weighted by molar-refractivity contribution is 5.01. The molecule has 0 aliphatic heterocycles. The molecule has 0 bridgehead atoms. The molecule has 1 nitrogen and oxygen atoms in total. The van der Waals surface area contributed by atoms with Crippen molar-refractivity contribution in [2.24, 2.45) is 0 Å². The molecule has 0 rings (SSSR count). The van der Waals surface area contributed by atoms with Crippen molar-refractivity contribution >= 4 is 0 Å². The van der Waals surface area contributed by atoms with Gasteiger partial charge in [0, 0.05) is 12.7 Å². The molecule has 0 aliphatic rings. The first-order valence-corrected chi connectivity index (χ1v) is 3.69. The van der Waals surface area contributed by atoms with Crippen molar-refractivity contribution in [2.45, 2.75) is 19.8 Å². The molecule has 0 unspecified atom stereocenters. The third-order valence-corrected chi connectivity index (χ3v) is 0.958. The van der Waals surface area contributed by atoms with Gasteiger partial charge < -0.3 is 0 Å². The van der Waals surface area contributed by atoms with Crippen LogP contribution in [0, 0.1) is 6.92 Å². The lowest BCUT2D eigenvalue weighted by molar-refractivity contribution is 0.796. The highest BCUT2D eigenvalue weighted by Crippen LogP contribution is 1.80. The van der Waals surface area contributed by atoms with E-state index in [1.54, 1.807) is 0 Å². The number of hydrogen-bond donors (Lipinski definition) is 0. The van der Waals surface area contributed by atoms with Crippen LogP contribution in [-0.2, 0) is 0 Å². The van der Waals surface area contributed by atoms with E-state index in [4.69, 9.17) is 0 Å². The highest BCUT2D eigenvalue weighted by atomic mass is 14.8. The molecule has 2 radical (unpaired) electrons. The summed E-state index contributed by atoms with van der Waals surface area (Å²) in [6, 6.07) is 0. The fourth-order valence-electron chi connectivity index (χ4n) is 0.489. The Kier molecular flexibility index (Phi) is 7.68. The second-order valence-corrected chi connectivity index (χ2v) is 1.96. The van der Waals surface area contributed by atoms with Crippen LogP contribution >= 0.6 is 0 Å². The molecule has 0 heterocycles. The molecule has 0 aromatic carbocycles. The maximum Gasteiger partial charge on any atom is 0.0386 e. The van der Waals surface area contributed by atoms with E-state index < -0.39 is 0 Å². The minimum atomic E-state index is 0.845. The van der Waals surface area contributed by atoms with Crippen LogP contribution in [0.5, 0.6) is 0 Å². The van der Waals surface area contributed by atoms with Crippen LogP contribution < -0.4 is 5.32 Å². The summed E-state index contributed by atoms with van der Waals surface area (Å²) in [7, 11) is 0. The van der Waals surface area contributed by atoms with Gasteiger partial charge >= 0.3 is 0 Å². The summed E-state index contributed by atoms with van der Waals surface area (Å²) in [5.41, 5.74) is 0. The van der Waals surface area contributed by atoms with Crippen molar-refractivity contribution in [3.8, 4) is 0 Å². The molecular formula is C9H15N. The molecule has 0 amide bonds. The van der Waals surface area contributed by atoms with Crippen LogP contribution in [0.4, 0.5) is 0 Å². The van der Waals surface area contributed by atoms with Gasteiger partial charge in [0.2, 0.25) is 0 Å². The van der Waals surface area contributed by atoms with E-state index >= 15 is 0 Å². The third-order valence-electron chi connectivity index (χ3n) is 0.958. The fraction of sp³-hybridized carbons (Fsp3) is 0.444. The average Bonchev–Trinajstić information content (AvgIpc) is 1.97. The van der Waals surface area contributed by atoms with Crippen LogP contribution in [0.1, 0.15) is 19.8 Å². The summed E-state index contributed by atoms with van der Waals surface area (Å²) in [6.07, 6.45) is 9.68. The molecule has 0 saturated heterocycles. The quantitative estimate of drug-likeness (QED) is 0.408. The Balaban J connectivity index is 3.11. The summed E-state index contributed by atoms with van der Waals surface area (Å²) >= 11 is 0. The Hall–Kier alpha value is -0.720. The molecular weight excluding hydrogens is 122 g/mol. The number of hydrogen-bond acceptors (Lipinski definition) is 0. The lowest BCUT2D eigenvalue weighted by Gasteiger charge is -1.87. The van der Waals surface area contributed by atoms with E-state index in [1.165, 1.54) is 0 Å². The Morgan fingerprint density at radius 3 is 2.80 bits per heavy atom. The normalized spacial score (nSPS) is 11.4. The zero-order valence-electron chi connectivity index (χ0n) is 6.59. The molecule has 0 N–H and O–H groups in total. The molecule has 56 valence electrons. The third kappa shape index (κ3) is 7.28. The fourth-order valence-corrected chi connectivity index (χ4v) is 0.489. The zero-order valence-corrected chi connectivity index (χ0v) is 6.59. The van der Waals surface area contributed by atoms with E-state index in [1.807, 2.05) is 24.4 Å². The van der Waals surface area contributed by atoms with Crippen molar-refractivity contribution in [1.82, 2.24) is 5.32 Å². The summed E-state index contributed by atoms with van der Waals surface area (Å²) in [4.78, 5) is 0. The monoisotopic (exact) mass is 137 g/mol. The molecule has 0 atom stereocenters. The summed E-state index contributed by atoms with van der Waals surface area (Å²) in [5, 5.41) is 4.11. The van der Waals surface area contributed by atoms with Crippen LogP contribution in [-0.4, -0.2) is 6.54 Å². The number of allylic oxidation sites excluding steroid dienone is 3. The van der Waals surface area contributed by atoms with Gasteiger partial charge in [-0.25, -0.2) is 0 Å². The predicted molar refractivity (Wildman–Crippen MR) is 45.5 cm³/mol. The van der Waals surface area contributed by atoms with Gasteiger partial charge in [0.1, 0.15) is 0 Å². The van der Waals surface area contributed by atoms with Crippen LogP contribution in [0.25, 0.3) is 0 Å². The first-order chi connectivity index (χ1) is 4.91. The van der Waals surface area contributed by atoms with E-state index in [-0.39, 0.29) is 0 Å². The van der Waals surface area contributed by atoms with Gasteiger partial charge in [-0.05, 0) is 25.8 Å². The molecule has 1 heteroatoms. The van der Waals surface area contributed by atoms with Crippen molar-refractivity contribution in [3.63, 3.8) is 0 Å². The highest BCUT2D eigenvalue weighted by Gasteiger charge is 1.73. The molecule has 0 aliphatic carbocycles. The van der Waals surface area contributed by atoms with Gasteiger partial charge in [0.25, 0.3) is 0 Å². The first kappa shape index (κ1) is 9.28. The maximum atomic E-state index is 4.11. The largest absolute Gasteiger partial charge is 0.293 e. The van der Waals surface area contributed by atoms with Crippen LogP contribution in [0.15, 0.2) is 24.4 Å². The lowest BCUT2D eigenvalue weighted by Crippen LogP contribution is -1.94. The minimum Gasteiger partial charge on any atom is -0.293 e. The zero-order chi connectivity index (χ0) is 7.66. The van der Waals surface area contributed by atoms with E-state index in [2.05, 4.69) is 19.2 Å². The molecule has 0 aromatic rings. The van der Waals surface area contributed by atoms with Gasteiger partial charge in [0.05, 0.1) is 0 Å². The first-order valence-electron chi connectivity index (χ1n) is 3.69. The summed E-state index contributed by atoms with van der Waals surface area (Å²) < 4.78 is 0. The lowest BCUT2D eigenvalue weighted by atomic mass is 10.4. The SMILES string of the molecule is [CH2]CC=CC=C[N]CCC. The maximum absolute atomic E-state index is 4.11. The molecule has 0 aromatic heterocycles. The van der Waals surface area contributed by atoms with Gasteiger partial charge in [-0.15, -0.1) is 0 Å². The van der Waals surface area contributed by atoms with Gasteiger partial charge in [-0.1, -0.05) is 19.1 Å². The Morgan fingerprint density at radius 1 is 1.40 bits per heavy atom. The standard InChI is InChI=1S/C9H15N/c1-3-5-6-7-9-10-8-4-2/h5-7,9H,1,3-4,8H2,2H3. The van der Waals surface area contributed by atoms with Crippen LogP contribution in [0.3, 0.4) is 0 Å². The summed E-state index contributed by atoms with van der Waals surface area (Å²) in [5.74, 6) is 0. The van der Waals surface area contributed by atoms with Gasteiger partial charge in [-0.2, -0.15) is 0 Å². The Labute approximate surface area is 63.8 Å². The topological polar surface area (TPSA) is 14.1 Å². The molecule has 0 fully saturated rings. The minimum absolute atomic E-state index is 0.845. The van der Waals surface area contributed by atoms with Crippen molar-refractivity contribution in [2.75, 3.05) is 6.54 Å². The average molecular weight is 137 g/mol. The second kappa shape index (κ2) is 8.28. The van der Waals surface area contributed by atoms with Gasteiger partial charge in [-0.3, -0.25) is 5.32 Å². The molecule has 0 saturated carbocycles. The Bertz CT molecular complexity index is 103. The predicted octanol–water partition coefficient (Wildman–Crippen LogP) is 2.29. The second-order valence-electron chi connectivity index (χ2n) is 1.96. The van der Waals surface area contributed by atoms with Crippen molar-refractivity contribution in [1.29, 1.82) is 0 Å². The number of rotatable bonds is 5. The molecule has 0 spiro atoms. The van der Waals surface area contributed by atoms with Crippen LogP contribution in [0.2, 0.25) is 0 Å². The van der Waals surface area contributed by atoms with E-state index in [9.17, 15) is 0 Å². The van der Waals surface area contributed by atoms with E-state index in [0.717, 1.165) is 19.4 Å².